The molecule has 0 bridgehead atoms. The molecule has 3 aliphatic rings. The Morgan fingerprint density at radius 1 is 0.906 bits per heavy atom. The third-order valence-electron chi connectivity index (χ3n) is 8.05. The summed E-state index contributed by atoms with van der Waals surface area (Å²) in [6.45, 7) is 6.66. The monoisotopic (exact) mass is 430 g/mol. The van der Waals surface area contributed by atoms with Gasteiger partial charge in [-0.1, -0.05) is 61.7 Å². The Labute approximate surface area is 193 Å². The first-order chi connectivity index (χ1) is 15.7. The second-order valence-corrected chi connectivity index (χ2v) is 10.5. The minimum absolute atomic E-state index is 0.238. The van der Waals surface area contributed by atoms with E-state index in [0.29, 0.717) is 17.9 Å². The van der Waals surface area contributed by atoms with E-state index in [1.165, 1.54) is 49.8 Å². The van der Waals surface area contributed by atoms with Crippen molar-refractivity contribution < 1.29 is 4.79 Å². The van der Waals surface area contributed by atoms with E-state index >= 15 is 0 Å². The van der Waals surface area contributed by atoms with Crippen LogP contribution < -0.4 is 0 Å². The molecule has 1 aliphatic heterocycles. The van der Waals surface area contributed by atoms with Gasteiger partial charge in [-0.25, -0.2) is 0 Å². The molecule has 0 spiro atoms. The average molecular weight is 431 g/mol. The quantitative estimate of drug-likeness (QED) is 0.546. The van der Waals surface area contributed by atoms with Crippen LogP contribution in [-0.4, -0.2) is 47.9 Å². The van der Waals surface area contributed by atoms with E-state index in [4.69, 9.17) is 0 Å². The van der Waals surface area contributed by atoms with Crippen LogP contribution in [0.25, 0.3) is 0 Å². The van der Waals surface area contributed by atoms with E-state index in [2.05, 4.69) is 41.0 Å². The lowest BCUT2D eigenvalue weighted by Crippen LogP contribution is -2.45. The number of nitrogens with zero attached hydrogens (tertiary/aromatic N) is 2. The standard InChI is InChI=1S/C29H38N2O/c1-22-10-8-9-15-27(22)28-21-30(18-23-16-17-23)19-25(28)20-31(26-13-6-3-7-14-26)29(32)24-11-4-2-5-12-24/h2,4-5,8-12,15,23,25-26,28H,3,6-7,13-14,16-21H2,1H3/t25-,28+/m0/s1. The van der Waals surface area contributed by atoms with E-state index in [-0.39, 0.29) is 5.91 Å². The molecule has 1 saturated heterocycles. The first-order valence-electron chi connectivity index (χ1n) is 12.8. The van der Waals surface area contributed by atoms with Crippen molar-refractivity contribution in [1.82, 2.24) is 9.80 Å². The summed E-state index contributed by atoms with van der Waals surface area (Å²) in [7, 11) is 0. The van der Waals surface area contributed by atoms with Gasteiger partial charge < -0.3 is 9.80 Å². The number of hydrogen-bond donors (Lipinski definition) is 0. The zero-order chi connectivity index (χ0) is 21.9. The maximum absolute atomic E-state index is 13.7. The van der Waals surface area contributed by atoms with Crippen LogP contribution in [-0.2, 0) is 0 Å². The van der Waals surface area contributed by atoms with E-state index in [1.807, 2.05) is 30.3 Å². The highest BCUT2D eigenvalue weighted by Gasteiger charge is 2.39. The van der Waals surface area contributed by atoms with E-state index < -0.39 is 0 Å². The zero-order valence-corrected chi connectivity index (χ0v) is 19.6. The molecule has 2 saturated carbocycles. The van der Waals surface area contributed by atoms with Crippen LogP contribution in [0.5, 0.6) is 0 Å². The van der Waals surface area contributed by atoms with Crippen LogP contribution in [0.15, 0.2) is 54.6 Å². The van der Waals surface area contributed by atoms with Gasteiger partial charge in [0, 0.05) is 43.7 Å². The summed E-state index contributed by atoms with van der Waals surface area (Å²) in [5, 5.41) is 0. The van der Waals surface area contributed by atoms with Crippen LogP contribution in [0.2, 0.25) is 0 Å². The van der Waals surface area contributed by atoms with Crippen LogP contribution in [0.1, 0.15) is 72.3 Å². The molecule has 5 rings (SSSR count). The molecule has 2 aliphatic carbocycles. The Morgan fingerprint density at radius 3 is 2.34 bits per heavy atom. The van der Waals surface area contributed by atoms with Crippen molar-refractivity contribution in [3.05, 3.63) is 71.3 Å². The summed E-state index contributed by atoms with van der Waals surface area (Å²) in [4.78, 5) is 18.7. The predicted molar refractivity (Wildman–Crippen MR) is 131 cm³/mol. The lowest BCUT2D eigenvalue weighted by Gasteiger charge is -2.37. The normalized spacial score (nSPS) is 24.5. The molecule has 1 amide bonds. The fourth-order valence-electron chi connectivity index (χ4n) is 6.11. The molecule has 2 aromatic rings. The SMILES string of the molecule is Cc1ccccc1[C@@H]1CN(CC2CC2)C[C@H]1CN(C(=O)c1ccccc1)C1CCCCC1. The van der Waals surface area contributed by atoms with Crippen molar-refractivity contribution in [1.29, 1.82) is 0 Å². The summed E-state index contributed by atoms with van der Waals surface area (Å²) < 4.78 is 0. The molecule has 3 heteroatoms. The van der Waals surface area contributed by atoms with Crippen molar-refractivity contribution >= 4 is 5.91 Å². The summed E-state index contributed by atoms with van der Waals surface area (Å²) in [6, 6.07) is 19.3. The van der Waals surface area contributed by atoms with Crippen LogP contribution in [0.4, 0.5) is 0 Å². The summed E-state index contributed by atoms with van der Waals surface area (Å²) in [5.41, 5.74) is 3.74. The number of hydrogen-bond acceptors (Lipinski definition) is 2. The molecule has 32 heavy (non-hydrogen) atoms. The number of carbonyl (C=O) groups excluding carboxylic acids is 1. The number of carbonyl (C=O) groups is 1. The summed E-state index contributed by atoms with van der Waals surface area (Å²) >= 11 is 0. The first kappa shape index (κ1) is 21.7. The Hall–Kier alpha value is -2.13. The third-order valence-corrected chi connectivity index (χ3v) is 8.05. The largest absolute Gasteiger partial charge is 0.335 e. The van der Waals surface area contributed by atoms with Crippen molar-refractivity contribution in [2.45, 2.75) is 63.8 Å². The number of amides is 1. The van der Waals surface area contributed by atoms with Crippen molar-refractivity contribution in [2.75, 3.05) is 26.2 Å². The second kappa shape index (κ2) is 9.79. The molecule has 0 aromatic heterocycles. The third kappa shape index (κ3) is 4.93. The Bertz CT molecular complexity index is 900. The van der Waals surface area contributed by atoms with Gasteiger partial charge in [0.25, 0.3) is 5.91 Å². The van der Waals surface area contributed by atoms with Crippen LogP contribution >= 0.6 is 0 Å². The topological polar surface area (TPSA) is 23.6 Å². The molecule has 0 unspecified atom stereocenters. The Morgan fingerprint density at radius 2 is 1.62 bits per heavy atom. The van der Waals surface area contributed by atoms with Crippen LogP contribution in [0.3, 0.4) is 0 Å². The fraction of sp³-hybridized carbons (Fsp3) is 0.552. The molecule has 3 fully saturated rings. The fourth-order valence-corrected chi connectivity index (χ4v) is 6.11. The van der Waals surface area contributed by atoms with Gasteiger partial charge in [-0.15, -0.1) is 0 Å². The van der Waals surface area contributed by atoms with Crippen molar-refractivity contribution in [3.8, 4) is 0 Å². The van der Waals surface area contributed by atoms with E-state index in [1.54, 1.807) is 0 Å². The van der Waals surface area contributed by atoms with Gasteiger partial charge >= 0.3 is 0 Å². The smallest absolute Gasteiger partial charge is 0.254 e. The van der Waals surface area contributed by atoms with Crippen molar-refractivity contribution in [2.24, 2.45) is 11.8 Å². The second-order valence-electron chi connectivity index (χ2n) is 10.5. The highest BCUT2D eigenvalue weighted by Crippen LogP contribution is 2.39. The number of rotatable bonds is 7. The minimum Gasteiger partial charge on any atom is -0.335 e. The Kier molecular flexibility index (Phi) is 6.64. The average Bonchev–Trinajstić information content (AvgIpc) is 3.56. The minimum atomic E-state index is 0.238. The number of likely N-dealkylation sites (tertiary alicyclic amines) is 1. The molecule has 2 aromatic carbocycles. The predicted octanol–water partition coefficient (Wildman–Crippen LogP) is 5.90. The Balaban J connectivity index is 1.41. The van der Waals surface area contributed by atoms with Gasteiger partial charge in [-0.3, -0.25) is 4.79 Å². The van der Waals surface area contributed by atoms with Gasteiger partial charge in [0.05, 0.1) is 0 Å². The highest BCUT2D eigenvalue weighted by atomic mass is 16.2. The van der Waals surface area contributed by atoms with Gasteiger partial charge in [-0.05, 0) is 67.7 Å². The van der Waals surface area contributed by atoms with E-state index in [9.17, 15) is 4.79 Å². The molecule has 0 N–H and O–H groups in total. The van der Waals surface area contributed by atoms with Gasteiger partial charge in [0.15, 0.2) is 0 Å². The number of aryl methyl sites for hydroxylation is 1. The van der Waals surface area contributed by atoms with E-state index in [0.717, 1.165) is 44.0 Å². The molecule has 1 heterocycles. The molecule has 170 valence electrons. The first-order valence-corrected chi connectivity index (χ1v) is 12.8. The summed E-state index contributed by atoms with van der Waals surface area (Å²) in [5.74, 6) is 2.17. The van der Waals surface area contributed by atoms with Gasteiger partial charge in [0.2, 0.25) is 0 Å². The lowest BCUT2D eigenvalue weighted by atomic mass is 9.85. The molecule has 2 atom stereocenters. The molecule has 3 nitrogen and oxygen atoms in total. The molecular weight excluding hydrogens is 392 g/mol. The summed E-state index contributed by atoms with van der Waals surface area (Å²) in [6.07, 6.45) is 8.94. The maximum Gasteiger partial charge on any atom is 0.254 e. The molecule has 0 radical (unpaired) electrons. The maximum atomic E-state index is 13.7. The van der Waals surface area contributed by atoms with Gasteiger partial charge in [-0.2, -0.15) is 0 Å². The molecular formula is C29H38N2O. The number of benzene rings is 2. The highest BCUT2D eigenvalue weighted by molar-refractivity contribution is 5.94. The lowest BCUT2D eigenvalue weighted by molar-refractivity contribution is 0.0588. The van der Waals surface area contributed by atoms with Crippen molar-refractivity contribution in [3.63, 3.8) is 0 Å². The van der Waals surface area contributed by atoms with Crippen LogP contribution in [0, 0.1) is 18.8 Å². The van der Waals surface area contributed by atoms with Gasteiger partial charge in [0.1, 0.15) is 0 Å². The zero-order valence-electron chi connectivity index (χ0n) is 19.6.